The van der Waals surface area contributed by atoms with Crippen molar-refractivity contribution < 1.29 is 17.6 Å². The molecule has 3 rings (SSSR count). The van der Waals surface area contributed by atoms with Gasteiger partial charge in [0.05, 0.1) is 12.4 Å². The third kappa shape index (κ3) is 7.22. The zero-order chi connectivity index (χ0) is 25.7. The van der Waals surface area contributed by atoms with Crippen LogP contribution in [0, 0.1) is 5.92 Å². The first kappa shape index (κ1) is 27.5. The van der Waals surface area contributed by atoms with Crippen molar-refractivity contribution in [2.75, 3.05) is 12.4 Å². The fourth-order valence-electron chi connectivity index (χ4n) is 3.64. The van der Waals surface area contributed by atoms with Crippen LogP contribution in [0.4, 0.5) is 0 Å². The van der Waals surface area contributed by atoms with Crippen LogP contribution < -0.4 is 0 Å². The van der Waals surface area contributed by atoms with E-state index in [1.807, 2.05) is 36.4 Å². The second-order valence-electron chi connectivity index (χ2n) is 10.7. The molecule has 0 bridgehead atoms. The molecule has 9 heteroatoms. The lowest BCUT2D eigenvalue weighted by Gasteiger charge is -2.41. The standard InChI is InChI=1S/C26H39N3O4SSi/c1-21(17-19-34(30,31)29-24-15-11-10-14-23(24)27-28-29)25(33-35(5,6)26(2,3)4)16-18-32-20-22-12-8-7-9-13-22/h7-15,21,25H,16-20H2,1-6H3/t21-,25-/m0/s1. The fourth-order valence-corrected chi connectivity index (χ4v) is 6.54. The molecular formula is C26H39N3O4SSi. The largest absolute Gasteiger partial charge is 0.414 e. The second kappa shape index (κ2) is 11.3. The summed E-state index contributed by atoms with van der Waals surface area (Å²) in [5, 5.41) is 7.96. The van der Waals surface area contributed by atoms with Crippen LogP contribution >= 0.6 is 0 Å². The van der Waals surface area contributed by atoms with Gasteiger partial charge in [0, 0.05) is 12.7 Å². The fraction of sp³-hybridized carbons (Fsp3) is 0.538. The second-order valence-corrected chi connectivity index (χ2v) is 17.4. The highest BCUT2D eigenvalue weighted by atomic mass is 32.2. The minimum atomic E-state index is -3.64. The maximum atomic E-state index is 13.1. The van der Waals surface area contributed by atoms with Crippen molar-refractivity contribution in [1.29, 1.82) is 0 Å². The summed E-state index contributed by atoms with van der Waals surface area (Å²) in [6.07, 6.45) is 1.09. The smallest absolute Gasteiger partial charge is 0.255 e. The highest BCUT2D eigenvalue weighted by Gasteiger charge is 2.40. The van der Waals surface area contributed by atoms with E-state index in [1.165, 1.54) is 0 Å². The van der Waals surface area contributed by atoms with Crippen LogP contribution in [0.1, 0.15) is 46.1 Å². The lowest BCUT2D eigenvalue weighted by Crippen LogP contribution is -2.46. The lowest BCUT2D eigenvalue weighted by molar-refractivity contribution is 0.0545. The van der Waals surface area contributed by atoms with Crippen molar-refractivity contribution in [2.24, 2.45) is 5.92 Å². The molecule has 1 heterocycles. The van der Waals surface area contributed by atoms with Gasteiger partial charge in [0.2, 0.25) is 0 Å². The van der Waals surface area contributed by atoms with Gasteiger partial charge in [-0.05, 0) is 54.6 Å². The first-order valence-electron chi connectivity index (χ1n) is 12.2. The Bertz CT molecular complexity index is 1190. The molecule has 0 unspecified atom stereocenters. The Balaban J connectivity index is 1.66. The van der Waals surface area contributed by atoms with Gasteiger partial charge in [-0.1, -0.05) is 75.4 Å². The molecule has 7 nitrogen and oxygen atoms in total. The maximum Gasteiger partial charge on any atom is 0.255 e. The number of para-hydroxylation sites is 1. The van der Waals surface area contributed by atoms with Gasteiger partial charge >= 0.3 is 0 Å². The number of ether oxygens (including phenoxy) is 1. The van der Waals surface area contributed by atoms with E-state index in [9.17, 15) is 8.42 Å². The van der Waals surface area contributed by atoms with Crippen molar-refractivity contribution in [3.63, 3.8) is 0 Å². The quantitative estimate of drug-likeness (QED) is 0.229. The molecule has 2 aromatic carbocycles. The van der Waals surface area contributed by atoms with Gasteiger partial charge in [-0.3, -0.25) is 0 Å². The molecule has 0 aliphatic heterocycles. The van der Waals surface area contributed by atoms with Crippen LogP contribution in [0.3, 0.4) is 0 Å². The molecule has 3 aromatic rings. The third-order valence-corrected chi connectivity index (χ3v) is 13.0. The summed E-state index contributed by atoms with van der Waals surface area (Å²) in [5.41, 5.74) is 2.20. The van der Waals surface area contributed by atoms with Crippen molar-refractivity contribution in [2.45, 2.75) is 71.4 Å². The van der Waals surface area contributed by atoms with Crippen LogP contribution in [0.25, 0.3) is 11.0 Å². The molecule has 35 heavy (non-hydrogen) atoms. The number of fused-ring (bicyclic) bond motifs is 1. The van der Waals surface area contributed by atoms with E-state index < -0.39 is 18.3 Å². The lowest BCUT2D eigenvalue weighted by atomic mass is 10.00. The topological polar surface area (TPSA) is 83.3 Å². The maximum absolute atomic E-state index is 13.1. The van der Waals surface area contributed by atoms with Crippen molar-refractivity contribution in [3.05, 3.63) is 60.2 Å². The third-order valence-electron chi connectivity index (χ3n) is 6.96. The van der Waals surface area contributed by atoms with Gasteiger partial charge < -0.3 is 9.16 Å². The molecular weight excluding hydrogens is 478 g/mol. The Hall–Kier alpha value is -2.07. The summed E-state index contributed by atoms with van der Waals surface area (Å²) < 4.78 is 40.0. The number of nitrogens with zero attached hydrogens (tertiary/aromatic N) is 3. The van der Waals surface area contributed by atoms with Gasteiger partial charge in [0.15, 0.2) is 8.32 Å². The molecule has 0 amide bonds. The average molecular weight is 518 g/mol. The summed E-state index contributed by atoms with van der Waals surface area (Å²) in [7, 11) is -5.69. The molecule has 0 fully saturated rings. The molecule has 1 aromatic heterocycles. The molecule has 0 aliphatic rings. The summed E-state index contributed by atoms with van der Waals surface area (Å²) >= 11 is 0. The van der Waals surface area contributed by atoms with Crippen molar-refractivity contribution in [1.82, 2.24) is 14.4 Å². The minimum absolute atomic E-state index is 0.0241. The first-order valence-corrected chi connectivity index (χ1v) is 16.8. The Morgan fingerprint density at radius 1 is 1.00 bits per heavy atom. The molecule has 0 saturated heterocycles. The summed E-state index contributed by atoms with van der Waals surface area (Å²) in [6.45, 7) is 14.3. The van der Waals surface area contributed by atoms with E-state index in [4.69, 9.17) is 9.16 Å². The van der Waals surface area contributed by atoms with Crippen molar-refractivity contribution in [3.8, 4) is 0 Å². The molecule has 0 N–H and O–H groups in total. The van der Waals surface area contributed by atoms with E-state index in [2.05, 4.69) is 51.1 Å². The highest BCUT2D eigenvalue weighted by Crippen LogP contribution is 2.39. The Morgan fingerprint density at radius 3 is 2.34 bits per heavy atom. The Kier molecular flexibility index (Phi) is 8.90. The highest BCUT2D eigenvalue weighted by molar-refractivity contribution is 7.89. The predicted molar refractivity (Wildman–Crippen MR) is 143 cm³/mol. The SMILES string of the molecule is C[C@@H](CCS(=O)(=O)n1nnc2ccccc21)[C@H](CCOCc1ccccc1)O[Si](C)(C)C(C)(C)C. The number of aromatic nitrogens is 3. The molecule has 192 valence electrons. The predicted octanol–water partition coefficient (Wildman–Crippen LogP) is 5.63. The normalized spacial score (nSPS) is 14.8. The van der Waals surface area contributed by atoms with Crippen LogP contribution in [-0.2, 0) is 25.8 Å². The molecule has 0 spiro atoms. The van der Waals surface area contributed by atoms with Crippen LogP contribution in [-0.4, -0.2) is 49.6 Å². The monoisotopic (exact) mass is 517 g/mol. The molecule has 0 radical (unpaired) electrons. The molecule has 0 aliphatic carbocycles. The van der Waals surface area contributed by atoms with Crippen LogP contribution in [0.2, 0.25) is 18.1 Å². The van der Waals surface area contributed by atoms with E-state index in [0.29, 0.717) is 37.1 Å². The minimum Gasteiger partial charge on any atom is -0.414 e. The average Bonchev–Trinajstić information content (AvgIpc) is 3.24. The van der Waals surface area contributed by atoms with Gasteiger partial charge in [0.25, 0.3) is 10.0 Å². The van der Waals surface area contributed by atoms with Crippen molar-refractivity contribution >= 4 is 29.4 Å². The van der Waals surface area contributed by atoms with Gasteiger partial charge in [0.1, 0.15) is 11.0 Å². The van der Waals surface area contributed by atoms with E-state index >= 15 is 0 Å². The van der Waals surface area contributed by atoms with E-state index in [0.717, 1.165) is 9.65 Å². The van der Waals surface area contributed by atoms with Gasteiger partial charge in [-0.15, -0.1) is 9.19 Å². The Labute approximate surface area is 211 Å². The number of hydrogen-bond donors (Lipinski definition) is 0. The van der Waals surface area contributed by atoms with E-state index in [-0.39, 0.29) is 22.8 Å². The molecule has 2 atom stereocenters. The summed E-state index contributed by atoms with van der Waals surface area (Å²) in [4.78, 5) is 0. The molecule has 0 saturated carbocycles. The van der Waals surface area contributed by atoms with Crippen LogP contribution in [0.15, 0.2) is 54.6 Å². The number of hydrogen-bond acceptors (Lipinski definition) is 6. The van der Waals surface area contributed by atoms with Gasteiger partial charge in [-0.2, -0.15) is 0 Å². The first-order chi connectivity index (χ1) is 16.4. The number of benzene rings is 2. The zero-order valence-corrected chi connectivity index (χ0v) is 23.6. The van der Waals surface area contributed by atoms with E-state index in [1.54, 1.807) is 18.2 Å². The number of rotatable bonds is 12. The summed E-state index contributed by atoms with van der Waals surface area (Å²) in [6, 6.07) is 17.2. The zero-order valence-electron chi connectivity index (χ0n) is 21.8. The Morgan fingerprint density at radius 2 is 1.66 bits per heavy atom. The van der Waals surface area contributed by atoms with Crippen LogP contribution in [0.5, 0.6) is 0 Å². The van der Waals surface area contributed by atoms with Gasteiger partial charge in [-0.25, -0.2) is 8.42 Å². The summed E-state index contributed by atoms with van der Waals surface area (Å²) in [5.74, 6) is 0.0121.